The molecule has 0 aliphatic heterocycles. The molecule has 30 heavy (non-hydrogen) atoms. The van der Waals surface area contributed by atoms with E-state index in [1.807, 2.05) is 0 Å². The Hall–Kier alpha value is -3.81. The van der Waals surface area contributed by atoms with Crippen molar-refractivity contribution >= 4 is 53.0 Å². The van der Waals surface area contributed by atoms with Gasteiger partial charge in [-0.2, -0.15) is 15.0 Å². The molecule has 0 spiro atoms. The Bertz CT molecular complexity index is 942. The Kier molecular flexibility index (Phi) is 7.99. The maximum absolute atomic E-state index is 11.3. The third kappa shape index (κ3) is 6.97. The summed E-state index contributed by atoms with van der Waals surface area (Å²) in [5, 5.41) is 15.5. The van der Waals surface area contributed by atoms with Gasteiger partial charge in [-0.3, -0.25) is 15.5 Å². The number of methoxy groups -OCH3 is 2. The van der Waals surface area contributed by atoms with Gasteiger partial charge in [0.25, 0.3) is 0 Å². The Balaban J connectivity index is 2.22. The number of nitrogens with one attached hydrogen (secondary N) is 4. The van der Waals surface area contributed by atoms with Gasteiger partial charge in [-0.05, 0) is 19.1 Å². The van der Waals surface area contributed by atoms with Crippen molar-refractivity contribution < 1.29 is 29.0 Å². The number of ketones is 1. The molecule has 1 heterocycles. The van der Waals surface area contributed by atoms with E-state index in [-0.39, 0.29) is 40.0 Å². The van der Waals surface area contributed by atoms with Gasteiger partial charge in [0.2, 0.25) is 11.9 Å². The number of hydrogen-bond donors (Lipinski definition) is 5. The minimum atomic E-state index is -0.763. The molecule has 0 aliphatic carbocycles. The molecule has 2 rings (SSSR count). The lowest BCUT2D eigenvalue weighted by Gasteiger charge is -2.11. The summed E-state index contributed by atoms with van der Waals surface area (Å²) in [5.41, 5.74) is 5.21. The van der Waals surface area contributed by atoms with Crippen LogP contribution in [0.5, 0.6) is 5.75 Å². The second kappa shape index (κ2) is 10.7. The fraction of sp³-hybridized carbons (Fsp3) is 0.250. The summed E-state index contributed by atoms with van der Waals surface area (Å²) in [6, 6.07) is 4.33. The average molecular weight is 437 g/mol. The number of thioether (sulfide) groups is 1. The number of anilines is 4. The highest BCUT2D eigenvalue weighted by Crippen LogP contribution is 2.28. The number of hydrogen-bond acceptors (Lipinski definition) is 12. The molecule has 2 amide bonds. The van der Waals surface area contributed by atoms with E-state index in [1.54, 1.807) is 6.07 Å². The number of phenolic OH excluding ortho intramolecular Hbond substituents is 1. The molecular weight excluding hydrogens is 418 g/mol. The van der Waals surface area contributed by atoms with Crippen LogP contribution in [0.4, 0.5) is 32.9 Å². The number of benzene rings is 1. The van der Waals surface area contributed by atoms with Gasteiger partial charge < -0.3 is 19.9 Å². The third-order valence-corrected chi connectivity index (χ3v) is 4.15. The SMILES string of the molecule is COC(=O)NNc1nc(Nc2ccc(NC(=O)OC)c(O)c2)nc(SCC(C)=O)n1. The lowest BCUT2D eigenvalue weighted by atomic mass is 10.2. The number of aromatic hydroxyl groups is 1. The average Bonchev–Trinajstić information content (AvgIpc) is 2.72. The van der Waals surface area contributed by atoms with Crippen LogP contribution < -0.4 is 21.5 Å². The quantitative estimate of drug-likeness (QED) is 0.230. The molecule has 0 radical (unpaired) electrons. The van der Waals surface area contributed by atoms with Crippen LogP contribution in [0.2, 0.25) is 0 Å². The van der Waals surface area contributed by atoms with Crippen molar-refractivity contribution in [1.82, 2.24) is 20.4 Å². The summed E-state index contributed by atoms with van der Waals surface area (Å²) < 4.78 is 8.92. The van der Waals surface area contributed by atoms with Crippen molar-refractivity contribution in [2.45, 2.75) is 12.1 Å². The summed E-state index contributed by atoms with van der Waals surface area (Å²) in [6.45, 7) is 1.43. The first-order valence-corrected chi connectivity index (χ1v) is 9.22. The monoisotopic (exact) mass is 437 g/mol. The van der Waals surface area contributed by atoms with Crippen LogP contribution in [0.3, 0.4) is 0 Å². The molecule has 0 saturated carbocycles. The van der Waals surface area contributed by atoms with Crippen LogP contribution in [0, 0.1) is 0 Å². The van der Waals surface area contributed by atoms with Crippen molar-refractivity contribution in [2.75, 3.05) is 36.0 Å². The summed E-state index contributed by atoms with van der Waals surface area (Å²) >= 11 is 1.08. The topological polar surface area (TPSA) is 177 Å². The van der Waals surface area contributed by atoms with Crippen LogP contribution in [0.1, 0.15) is 6.92 Å². The highest BCUT2D eigenvalue weighted by atomic mass is 32.2. The van der Waals surface area contributed by atoms with Crippen molar-refractivity contribution in [3.05, 3.63) is 18.2 Å². The highest BCUT2D eigenvalue weighted by Gasteiger charge is 2.12. The molecule has 0 aliphatic rings. The number of carbonyl (C=O) groups is 3. The van der Waals surface area contributed by atoms with Crippen LogP contribution in [0.25, 0.3) is 0 Å². The second-order valence-electron chi connectivity index (χ2n) is 5.47. The molecule has 0 fully saturated rings. The number of ether oxygens (including phenoxy) is 2. The molecule has 0 atom stereocenters. The van der Waals surface area contributed by atoms with E-state index >= 15 is 0 Å². The number of rotatable bonds is 8. The Morgan fingerprint density at radius 3 is 2.40 bits per heavy atom. The van der Waals surface area contributed by atoms with Crippen molar-refractivity contribution in [1.29, 1.82) is 0 Å². The zero-order valence-corrected chi connectivity index (χ0v) is 17.0. The molecule has 2 aromatic rings. The van der Waals surface area contributed by atoms with Crippen molar-refractivity contribution in [2.24, 2.45) is 0 Å². The lowest BCUT2D eigenvalue weighted by molar-refractivity contribution is -0.114. The molecular formula is C16H19N7O6S. The number of Topliss-reactive ketones (excluding diaryl/α,β-unsaturated/α-hetero) is 1. The predicted molar refractivity (Wildman–Crippen MR) is 108 cm³/mol. The summed E-state index contributed by atoms with van der Waals surface area (Å²) in [4.78, 5) is 46.1. The first-order valence-electron chi connectivity index (χ1n) is 8.24. The number of amides is 2. The predicted octanol–water partition coefficient (Wildman–Crippen LogP) is 1.86. The van der Waals surface area contributed by atoms with Gasteiger partial charge in [0.1, 0.15) is 11.5 Å². The molecule has 160 valence electrons. The lowest BCUT2D eigenvalue weighted by Crippen LogP contribution is -2.30. The smallest absolute Gasteiger partial charge is 0.425 e. The maximum atomic E-state index is 11.3. The standard InChI is InChI=1S/C16H19N7O6S/c1-8(24)7-30-14-20-12(19-13(21-14)22-23-16(27)29-3)17-9-4-5-10(11(25)6-9)18-15(26)28-2/h4-6,25H,7H2,1-3H3,(H,18,26)(H,23,27)(H2,17,19,20,21,22). The van der Waals surface area contributed by atoms with Gasteiger partial charge >= 0.3 is 12.2 Å². The normalized spacial score (nSPS) is 9.97. The fourth-order valence-corrected chi connectivity index (χ4v) is 2.50. The zero-order chi connectivity index (χ0) is 22.1. The Morgan fingerprint density at radius 2 is 1.77 bits per heavy atom. The van der Waals surface area contributed by atoms with Gasteiger partial charge in [0, 0.05) is 11.8 Å². The van der Waals surface area contributed by atoms with Crippen molar-refractivity contribution in [3.8, 4) is 5.75 Å². The molecule has 14 heteroatoms. The second-order valence-corrected chi connectivity index (χ2v) is 6.41. The van der Waals surface area contributed by atoms with E-state index in [4.69, 9.17) is 0 Å². The van der Waals surface area contributed by atoms with Crippen LogP contribution >= 0.6 is 11.8 Å². The number of aromatic nitrogens is 3. The van der Waals surface area contributed by atoms with Gasteiger partial charge in [-0.15, -0.1) is 0 Å². The molecule has 5 N–H and O–H groups in total. The molecule has 0 saturated heterocycles. The van der Waals surface area contributed by atoms with E-state index in [9.17, 15) is 19.5 Å². The van der Waals surface area contributed by atoms with Crippen LogP contribution in [-0.4, -0.2) is 58.0 Å². The van der Waals surface area contributed by atoms with E-state index in [0.717, 1.165) is 11.8 Å². The molecule has 1 aromatic carbocycles. The first kappa shape index (κ1) is 22.5. The number of hydrazine groups is 1. The van der Waals surface area contributed by atoms with Crippen LogP contribution in [-0.2, 0) is 14.3 Å². The van der Waals surface area contributed by atoms with Gasteiger partial charge in [-0.25, -0.2) is 15.0 Å². The summed E-state index contributed by atoms with van der Waals surface area (Å²) in [5.74, 6) is -0.107. The van der Waals surface area contributed by atoms with E-state index in [2.05, 4.69) is 45.9 Å². The minimum Gasteiger partial charge on any atom is -0.506 e. The highest BCUT2D eigenvalue weighted by molar-refractivity contribution is 7.99. The number of carbonyl (C=O) groups excluding carboxylic acids is 3. The van der Waals surface area contributed by atoms with E-state index in [0.29, 0.717) is 5.69 Å². The summed E-state index contributed by atoms with van der Waals surface area (Å²) in [6.07, 6.45) is -1.49. The number of nitrogens with zero attached hydrogens (tertiary/aromatic N) is 3. The zero-order valence-electron chi connectivity index (χ0n) is 16.2. The first-order chi connectivity index (χ1) is 14.3. The molecule has 0 unspecified atom stereocenters. The van der Waals surface area contributed by atoms with E-state index in [1.165, 1.54) is 33.3 Å². The summed E-state index contributed by atoms with van der Waals surface area (Å²) in [7, 11) is 2.39. The maximum Gasteiger partial charge on any atom is 0.425 e. The molecule has 0 bridgehead atoms. The van der Waals surface area contributed by atoms with E-state index < -0.39 is 12.2 Å². The van der Waals surface area contributed by atoms with Gasteiger partial charge in [-0.1, -0.05) is 11.8 Å². The Labute approximate surface area is 175 Å². The largest absolute Gasteiger partial charge is 0.506 e. The van der Waals surface area contributed by atoms with Crippen molar-refractivity contribution in [3.63, 3.8) is 0 Å². The third-order valence-electron chi connectivity index (χ3n) is 3.16. The molecule has 13 nitrogen and oxygen atoms in total. The van der Waals surface area contributed by atoms with Crippen LogP contribution in [0.15, 0.2) is 23.4 Å². The fourth-order valence-electron chi connectivity index (χ4n) is 1.86. The minimum absolute atomic E-state index is 0.0165. The Morgan fingerprint density at radius 1 is 1.07 bits per heavy atom. The van der Waals surface area contributed by atoms with Gasteiger partial charge in [0.15, 0.2) is 5.16 Å². The number of phenols is 1. The van der Waals surface area contributed by atoms with Gasteiger partial charge in [0.05, 0.1) is 25.7 Å². The molecule has 1 aromatic heterocycles.